The number of carbonyl (C=O) groups is 1. The van der Waals surface area contributed by atoms with Gasteiger partial charge >= 0.3 is 6.03 Å². The van der Waals surface area contributed by atoms with Gasteiger partial charge in [-0.05, 0) is 17.7 Å². The summed E-state index contributed by atoms with van der Waals surface area (Å²) >= 11 is 0. The van der Waals surface area contributed by atoms with E-state index in [-0.39, 0.29) is 29.4 Å². The van der Waals surface area contributed by atoms with E-state index in [9.17, 15) is 21.6 Å². The molecule has 0 radical (unpaired) electrons. The number of hydrogen-bond acceptors (Lipinski definition) is 5. The van der Waals surface area contributed by atoms with Gasteiger partial charge in [-0.15, -0.1) is 0 Å². The summed E-state index contributed by atoms with van der Waals surface area (Å²) in [5.74, 6) is -0.151. The van der Waals surface area contributed by atoms with Crippen LogP contribution in [-0.2, 0) is 25.6 Å². The molecule has 2 aromatic carbocycles. The van der Waals surface area contributed by atoms with Crippen LogP contribution in [0.2, 0.25) is 0 Å². The van der Waals surface area contributed by atoms with Gasteiger partial charge in [-0.2, -0.15) is 0 Å². The molecule has 2 rings (SSSR count). The van der Waals surface area contributed by atoms with Gasteiger partial charge in [0.15, 0.2) is 9.84 Å². The van der Waals surface area contributed by atoms with Crippen LogP contribution in [0.25, 0.3) is 0 Å². The van der Waals surface area contributed by atoms with Gasteiger partial charge in [0.2, 0.25) is 10.0 Å². The lowest BCUT2D eigenvalue weighted by molar-refractivity contribution is 0.252. The minimum absolute atomic E-state index is 0.00344. The molecule has 0 fully saturated rings. The standard InChI is InChI=1S/C17H21N3O5S2/c1-26(22,23)16-10-6-5-9-15(16)20-17(21)18-11-12-19-27(24,25)13-14-7-3-2-4-8-14/h2-10,19H,11-13H2,1H3,(H2,18,20,21). The van der Waals surface area contributed by atoms with Crippen molar-refractivity contribution in [3.05, 3.63) is 60.2 Å². The lowest BCUT2D eigenvalue weighted by Gasteiger charge is -2.11. The average molecular weight is 412 g/mol. The zero-order chi connectivity index (χ0) is 19.9. The second-order valence-corrected chi connectivity index (χ2v) is 9.58. The predicted octanol–water partition coefficient (Wildman–Crippen LogP) is 1.33. The third-order valence-corrected chi connectivity index (χ3v) is 5.98. The summed E-state index contributed by atoms with van der Waals surface area (Å²) in [7, 11) is -7.01. The van der Waals surface area contributed by atoms with Crippen molar-refractivity contribution in [1.29, 1.82) is 0 Å². The van der Waals surface area contributed by atoms with Crippen LogP contribution < -0.4 is 15.4 Å². The van der Waals surface area contributed by atoms with Crippen LogP contribution in [0, 0.1) is 0 Å². The maximum atomic E-state index is 12.0. The van der Waals surface area contributed by atoms with E-state index < -0.39 is 25.9 Å². The van der Waals surface area contributed by atoms with Crippen LogP contribution in [0.1, 0.15) is 5.56 Å². The summed E-state index contributed by atoms with van der Waals surface area (Å²) in [5, 5.41) is 4.92. The van der Waals surface area contributed by atoms with E-state index >= 15 is 0 Å². The summed E-state index contributed by atoms with van der Waals surface area (Å²) in [6.45, 7) is 0.0528. The fourth-order valence-corrected chi connectivity index (χ4v) is 4.28. The molecule has 2 amide bonds. The van der Waals surface area contributed by atoms with Gasteiger partial charge in [0.25, 0.3) is 0 Å². The Bertz CT molecular complexity index is 990. The number of amides is 2. The van der Waals surface area contributed by atoms with Crippen molar-refractivity contribution in [1.82, 2.24) is 10.0 Å². The molecule has 146 valence electrons. The SMILES string of the molecule is CS(=O)(=O)c1ccccc1NC(=O)NCCNS(=O)(=O)Cc1ccccc1. The summed E-state index contributed by atoms with van der Waals surface area (Å²) in [5.41, 5.74) is 0.815. The lowest BCUT2D eigenvalue weighted by atomic mass is 10.2. The molecule has 0 unspecified atom stereocenters. The summed E-state index contributed by atoms with van der Waals surface area (Å²) in [6, 6.07) is 14.1. The van der Waals surface area contributed by atoms with E-state index in [0.29, 0.717) is 5.56 Å². The van der Waals surface area contributed by atoms with Crippen LogP contribution in [-0.4, -0.2) is 42.2 Å². The number of nitrogens with one attached hydrogen (secondary N) is 3. The topological polar surface area (TPSA) is 121 Å². The molecule has 0 aliphatic heterocycles. The molecular formula is C17H21N3O5S2. The Labute approximate surface area is 159 Å². The molecule has 8 nitrogen and oxygen atoms in total. The van der Waals surface area contributed by atoms with Gasteiger partial charge in [0.1, 0.15) is 0 Å². The quantitative estimate of drug-likeness (QED) is 0.566. The Balaban J connectivity index is 1.82. The fourth-order valence-electron chi connectivity index (χ4n) is 2.29. The Morgan fingerprint density at radius 3 is 2.19 bits per heavy atom. The number of carbonyl (C=O) groups excluding carboxylic acids is 1. The number of anilines is 1. The van der Waals surface area contributed by atoms with Gasteiger partial charge in [-0.25, -0.2) is 26.4 Å². The van der Waals surface area contributed by atoms with Crippen LogP contribution in [0.5, 0.6) is 0 Å². The van der Waals surface area contributed by atoms with E-state index in [1.165, 1.54) is 12.1 Å². The van der Waals surface area contributed by atoms with Crippen molar-refractivity contribution in [2.24, 2.45) is 0 Å². The van der Waals surface area contributed by atoms with E-state index in [2.05, 4.69) is 15.4 Å². The highest BCUT2D eigenvalue weighted by atomic mass is 32.2. The van der Waals surface area contributed by atoms with Crippen molar-refractivity contribution in [2.45, 2.75) is 10.6 Å². The smallest absolute Gasteiger partial charge is 0.319 e. The second-order valence-electron chi connectivity index (χ2n) is 5.79. The van der Waals surface area contributed by atoms with Gasteiger partial charge in [0, 0.05) is 19.3 Å². The molecule has 3 N–H and O–H groups in total. The number of sulfonamides is 1. The van der Waals surface area contributed by atoms with E-state index in [1.54, 1.807) is 42.5 Å². The van der Waals surface area contributed by atoms with Crippen LogP contribution >= 0.6 is 0 Å². The molecule has 0 spiro atoms. The first-order valence-corrected chi connectivity index (χ1v) is 11.6. The Hall–Kier alpha value is -2.43. The second kappa shape index (κ2) is 8.98. The zero-order valence-electron chi connectivity index (χ0n) is 14.7. The number of rotatable bonds is 8. The largest absolute Gasteiger partial charge is 0.337 e. The Kier molecular flexibility index (Phi) is 6.94. The normalized spacial score (nSPS) is 11.7. The lowest BCUT2D eigenvalue weighted by Crippen LogP contribution is -2.37. The Morgan fingerprint density at radius 1 is 0.889 bits per heavy atom. The number of urea groups is 1. The van der Waals surface area contributed by atoms with Crippen LogP contribution in [0.15, 0.2) is 59.5 Å². The van der Waals surface area contributed by atoms with Gasteiger partial charge in [0.05, 0.1) is 16.3 Å². The van der Waals surface area contributed by atoms with Gasteiger partial charge in [-0.3, -0.25) is 0 Å². The first-order valence-electron chi connectivity index (χ1n) is 8.02. The van der Waals surface area contributed by atoms with Crippen molar-refractivity contribution < 1.29 is 21.6 Å². The third-order valence-electron chi connectivity index (χ3n) is 3.47. The fraction of sp³-hybridized carbons (Fsp3) is 0.235. The monoisotopic (exact) mass is 411 g/mol. The molecule has 0 aliphatic carbocycles. The van der Waals surface area contributed by atoms with Crippen molar-refractivity contribution in [3.8, 4) is 0 Å². The highest BCUT2D eigenvalue weighted by Crippen LogP contribution is 2.20. The molecule has 0 atom stereocenters. The minimum atomic E-state index is -3.52. The van der Waals surface area contributed by atoms with Gasteiger partial charge in [-0.1, -0.05) is 42.5 Å². The maximum absolute atomic E-state index is 12.0. The van der Waals surface area contributed by atoms with Crippen molar-refractivity contribution in [2.75, 3.05) is 24.7 Å². The maximum Gasteiger partial charge on any atom is 0.319 e. The van der Waals surface area contributed by atoms with Crippen molar-refractivity contribution in [3.63, 3.8) is 0 Å². The molecule has 0 aromatic heterocycles. The molecule has 27 heavy (non-hydrogen) atoms. The summed E-state index contributed by atoms with van der Waals surface area (Å²) < 4.78 is 49.8. The van der Waals surface area contributed by atoms with Crippen LogP contribution in [0.4, 0.5) is 10.5 Å². The highest BCUT2D eigenvalue weighted by Gasteiger charge is 2.14. The minimum Gasteiger partial charge on any atom is -0.337 e. The molecule has 10 heteroatoms. The number of hydrogen-bond donors (Lipinski definition) is 3. The molecular weight excluding hydrogens is 390 g/mol. The summed E-state index contributed by atoms with van der Waals surface area (Å²) in [4.78, 5) is 11.9. The van der Waals surface area contributed by atoms with Gasteiger partial charge < -0.3 is 10.6 Å². The number of benzene rings is 2. The van der Waals surface area contributed by atoms with E-state index in [1.807, 2.05) is 0 Å². The molecule has 0 aliphatic rings. The molecule has 0 heterocycles. The van der Waals surface area contributed by atoms with Crippen LogP contribution in [0.3, 0.4) is 0 Å². The average Bonchev–Trinajstić information content (AvgIpc) is 2.59. The van der Waals surface area contributed by atoms with E-state index in [0.717, 1.165) is 6.26 Å². The summed E-state index contributed by atoms with van der Waals surface area (Å²) in [6.07, 6.45) is 1.05. The van der Waals surface area contributed by atoms with Crippen molar-refractivity contribution >= 4 is 31.6 Å². The number of sulfone groups is 1. The highest BCUT2D eigenvalue weighted by molar-refractivity contribution is 7.90. The van der Waals surface area contributed by atoms with E-state index in [4.69, 9.17) is 0 Å². The molecule has 0 saturated carbocycles. The first kappa shape index (κ1) is 20.9. The number of para-hydroxylation sites is 1. The molecule has 0 bridgehead atoms. The zero-order valence-corrected chi connectivity index (χ0v) is 16.3. The molecule has 0 saturated heterocycles. The predicted molar refractivity (Wildman–Crippen MR) is 104 cm³/mol. The first-order chi connectivity index (χ1) is 12.7. The Morgan fingerprint density at radius 2 is 1.52 bits per heavy atom. The third kappa shape index (κ3) is 7.00. The molecule has 2 aromatic rings.